The van der Waals surface area contributed by atoms with E-state index in [4.69, 9.17) is 4.74 Å². The zero-order valence-electron chi connectivity index (χ0n) is 11.8. The van der Waals surface area contributed by atoms with Crippen LogP contribution in [0, 0.1) is 0 Å². The number of H-pyrrole nitrogens is 1. The maximum atomic E-state index is 11.5. The molecule has 1 aliphatic rings. The Balaban J connectivity index is 1.48. The summed E-state index contributed by atoms with van der Waals surface area (Å²) in [5.41, 5.74) is 0.622. The van der Waals surface area contributed by atoms with E-state index in [2.05, 4.69) is 15.2 Å². The maximum absolute atomic E-state index is 11.5. The molecule has 0 spiro atoms. The van der Waals surface area contributed by atoms with Crippen molar-refractivity contribution in [1.82, 2.24) is 15.2 Å². The van der Waals surface area contributed by atoms with E-state index in [0.29, 0.717) is 23.8 Å². The Morgan fingerprint density at radius 1 is 1.43 bits per heavy atom. The maximum Gasteiger partial charge on any atom is 0.208 e. The smallest absolute Gasteiger partial charge is 0.208 e. The van der Waals surface area contributed by atoms with E-state index >= 15 is 0 Å². The van der Waals surface area contributed by atoms with Crippen LogP contribution in [0.1, 0.15) is 41.9 Å². The highest BCUT2D eigenvalue weighted by atomic mass is 32.2. The molecule has 21 heavy (non-hydrogen) atoms. The predicted molar refractivity (Wildman–Crippen MR) is 81.0 cm³/mol. The highest BCUT2D eigenvalue weighted by Crippen LogP contribution is 2.38. The molecule has 0 atom stereocenters. The van der Waals surface area contributed by atoms with Crippen LogP contribution in [0.15, 0.2) is 29.4 Å². The number of aromatic amines is 1. The van der Waals surface area contributed by atoms with E-state index in [1.807, 2.05) is 18.2 Å². The lowest BCUT2D eigenvalue weighted by molar-refractivity contribution is 0.101. The molecule has 110 valence electrons. The second kappa shape index (κ2) is 6.30. The number of carbonyl (C=O) groups excluding carboxylic acids is 1. The van der Waals surface area contributed by atoms with Crippen molar-refractivity contribution in [3.63, 3.8) is 0 Å². The van der Waals surface area contributed by atoms with E-state index < -0.39 is 0 Å². The summed E-state index contributed by atoms with van der Waals surface area (Å²) in [5.74, 6) is 2.99. The molecule has 0 aliphatic heterocycles. The van der Waals surface area contributed by atoms with Crippen molar-refractivity contribution in [2.45, 2.75) is 30.8 Å². The molecule has 2 aromatic rings. The van der Waals surface area contributed by atoms with Crippen LogP contribution in [0.5, 0.6) is 5.75 Å². The van der Waals surface area contributed by atoms with Crippen molar-refractivity contribution < 1.29 is 9.53 Å². The molecule has 0 radical (unpaired) electrons. The van der Waals surface area contributed by atoms with Gasteiger partial charge in [0.25, 0.3) is 0 Å². The van der Waals surface area contributed by atoms with Crippen molar-refractivity contribution in [3.05, 3.63) is 35.7 Å². The number of nitrogens with zero attached hydrogens (tertiary/aromatic N) is 2. The fourth-order valence-corrected chi connectivity index (χ4v) is 2.65. The van der Waals surface area contributed by atoms with Gasteiger partial charge in [0.2, 0.25) is 5.16 Å². The number of Topliss-reactive ketones (excluding diaryl/α,β-unsaturated/α-hetero) is 1. The number of rotatable bonds is 7. The number of carbonyl (C=O) groups is 1. The predicted octanol–water partition coefficient (Wildman–Crippen LogP) is 3.06. The summed E-state index contributed by atoms with van der Waals surface area (Å²) in [4.78, 5) is 15.9. The second-order valence-electron chi connectivity index (χ2n) is 5.03. The Morgan fingerprint density at radius 2 is 2.24 bits per heavy atom. The number of nitrogens with one attached hydrogen (secondary N) is 1. The molecule has 0 bridgehead atoms. The average molecular weight is 303 g/mol. The molecule has 0 amide bonds. The van der Waals surface area contributed by atoms with Gasteiger partial charge in [0.15, 0.2) is 5.78 Å². The average Bonchev–Trinajstić information content (AvgIpc) is 3.23. The van der Waals surface area contributed by atoms with E-state index in [0.717, 1.165) is 16.7 Å². The number of hydrogen-bond acceptors (Lipinski definition) is 5. The third-order valence-corrected chi connectivity index (χ3v) is 4.10. The minimum Gasteiger partial charge on any atom is -0.492 e. The minimum absolute atomic E-state index is 0.0151. The van der Waals surface area contributed by atoms with Crippen molar-refractivity contribution in [3.8, 4) is 5.75 Å². The lowest BCUT2D eigenvalue weighted by Gasteiger charge is -2.08. The Morgan fingerprint density at radius 3 is 3.00 bits per heavy atom. The van der Waals surface area contributed by atoms with Gasteiger partial charge in [-0.2, -0.15) is 0 Å². The van der Waals surface area contributed by atoms with Crippen molar-refractivity contribution in [2.24, 2.45) is 0 Å². The Kier molecular flexibility index (Phi) is 4.24. The molecule has 1 heterocycles. The van der Waals surface area contributed by atoms with E-state index in [1.165, 1.54) is 12.8 Å². The molecule has 1 fully saturated rings. The molecular weight excluding hydrogens is 286 g/mol. The van der Waals surface area contributed by atoms with Crippen LogP contribution in [0.2, 0.25) is 0 Å². The lowest BCUT2D eigenvalue weighted by Crippen LogP contribution is -2.04. The standard InChI is InChI=1S/C15H17N3O2S/c1-10(19)12-4-2-3-5-13(12)20-8-9-21-15-16-14(17-18-15)11-6-7-11/h2-5,11H,6-9H2,1H3,(H,16,17,18). The van der Waals surface area contributed by atoms with Crippen LogP contribution in [0.3, 0.4) is 0 Å². The van der Waals surface area contributed by atoms with Gasteiger partial charge < -0.3 is 4.74 Å². The van der Waals surface area contributed by atoms with Crippen LogP contribution in [-0.4, -0.2) is 33.3 Å². The first kappa shape index (κ1) is 14.1. The summed E-state index contributed by atoms with van der Waals surface area (Å²) in [7, 11) is 0. The first-order chi connectivity index (χ1) is 10.2. The summed E-state index contributed by atoms with van der Waals surface area (Å²) in [6.07, 6.45) is 2.43. The van der Waals surface area contributed by atoms with Gasteiger partial charge in [-0.25, -0.2) is 4.98 Å². The summed E-state index contributed by atoms with van der Waals surface area (Å²) in [6.45, 7) is 2.06. The van der Waals surface area contributed by atoms with Gasteiger partial charge in [0.1, 0.15) is 11.6 Å². The number of aromatic nitrogens is 3. The minimum atomic E-state index is 0.0151. The fraction of sp³-hybridized carbons (Fsp3) is 0.400. The van der Waals surface area contributed by atoms with Gasteiger partial charge in [0, 0.05) is 11.7 Å². The van der Waals surface area contributed by atoms with Gasteiger partial charge in [-0.15, -0.1) is 5.10 Å². The van der Waals surface area contributed by atoms with Gasteiger partial charge in [-0.1, -0.05) is 23.9 Å². The number of benzene rings is 1. The summed E-state index contributed by atoms with van der Waals surface area (Å²) < 4.78 is 5.68. The molecule has 3 rings (SSSR count). The third-order valence-electron chi connectivity index (χ3n) is 3.28. The van der Waals surface area contributed by atoms with Gasteiger partial charge in [0.05, 0.1) is 12.2 Å². The topological polar surface area (TPSA) is 67.9 Å². The Bertz CT molecular complexity index is 637. The molecule has 0 saturated heterocycles. The quantitative estimate of drug-likeness (QED) is 0.484. The number of ketones is 1. The molecule has 1 saturated carbocycles. The molecule has 1 aromatic heterocycles. The molecule has 5 nitrogen and oxygen atoms in total. The highest BCUT2D eigenvalue weighted by molar-refractivity contribution is 7.99. The summed E-state index contributed by atoms with van der Waals surface area (Å²) in [5, 5.41) is 7.93. The number of ether oxygens (including phenoxy) is 1. The van der Waals surface area contributed by atoms with Crippen molar-refractivity contribution in [1.29, 1.82) is 0 Å². The van der Waals surface area contributed by atoms with Crippen LogP contribution < -0.4 is 4.74 Å². The van der Waals surface area contributed by atoms with E-state index in [9.17, 15) is 4.79 Å². The van der Waals surface area contributed by atoms with Crippen LogP contribution >= 0.6 is 11.8 Å². The van der Waals surface area contributed by atoms with Crippen molar-refractivity contribution >= 4 is 17.5 Å². The van der Waals surface area contributed by atoms with Gasteiger partial charge >= 0.3 is 0 Å². The lowest BCUT2D eigenvalue weighted by atomic mass is 10.1. The number of thioether (sulfide) groups is 1. The zero-order chi connectivity index (χ0) is 14.7. The molecule has 6 heteroatoms. The zero-order valence-corrected chi connectivity index (χ0v) is 12.7. The third kappa shape index (κ3) is 3.64. The van der Waals surface area contributed by atoms with Gasteiger partial charge in [-0.3, -0.25) is 9.89 Å². The first-order valence-electron chi connectivity index (χ1n) is 7.02. The van der Waals surface area contributed by atoms with E-state index in [1.54, 1.807) is 24.8 Å². The van der Waals surface area contributed by atoms with Crippen LogP contribution in [0.4, 0.5) is 0 Å². The summed E-state index contributed by atoms with van der Waals surface area (Å²) in [6, 6.07) is 7.30. The summed E-state index contributed by atoms with van der Waals surface area (Å²) >= 11 is 1.56. The Hall–Kier alpha value is -1.82. The Labute approximate surface area is 127 Å². The first-order valence-corrected chi connectivity index (χ1v) is 8.00. The van der Waals surface area contributed by atoms with Crippen LogP contribution in [-0.2, 0) is 0 Å². The molecule has 1 aliphatic carbocycles. The molecule has 1 N–H and O–H groups in total. The SMILES string of the molecule is CC(=O)c1ccccc1OCCSc1n[nH]c(C2CC2)n1. The second-order valence-corrected chi connectivity index (χ2v) is 6.09. The number of para-hydroxylation sites is 1. The highest BCUT2D eigenvalue weighted by Gasteiger charge is 2.27. The van der Waals surface area contributed by atoms with E-state index in [-0.39, 0.29) is 5.78 Å². The monoisotopic (exact) mass is 303 g/mol. The molecular formula is C15H17N3O2S. The molecule has 1 aromatic carbocycles. The van der Waals surface area contributed by atoms with Crippen LogP contribution in [0.25, 0.3) is 0 Å². The largest absolute Gasteiger partial charge is 0.492 e. The number of hydrogen-bond donors (Lipinski definition) is 1. The normalized spacial score (nSPS) is 14.1. The van der Waals surface area contributed by atoms with Crippen molar-refractivity contribution in [2.75, 3.05) is 12.4 Å². The fourth-order valence-electron chi connectivity index (χ4n) is 2.03. The van der Waals surface area contributed by atoms with Gasteiger partial charge in [-0.05, 0) is 31.9 Å². The molecule has 0 unspecified atom stereocenters.